The van der Waals surface area contributed by atoms with E-state index in [0.717, 1.165) is 38.5 Å². The van der Waals surface area contributed by atoms with E-state index >= 15 is 0 Å². The predicted octanol–water partition coefficient (Wildman–Crippen LogP) is 3.06. The van der Waals surface area contributed by atoms with E-state index in [-0.39, 0.29) is 11.5 Å². The van der Waals surface area contributed by atoms with Crippen molar-refractivity contribution in [3.8, 4) is 0 Å². The molecule has 0 aromatic heterocycles. The zero-order valence-electron chi connectivity index (χ0n) is 17.0. The Morgan fingerprint density at radius 1 is 1.26 bits per heavy atom. The van der Waals surface area contributed by atoms with Crippen molar-refractivity contribution in [1.29, 1.82) is 0 Å². The molecule has 1 amide bonds. The summed E-state index contributed by atoms with van der Waals surface area (Å²) in [6.07, 6.45) is 6.17. The lowest BCUT2D eigenvalue weighted by molar-refractivity contribution is -0.137. The predicted molar refractivity (Wildman–Crippen MR) is 110 cm³/mol. The molecule has 2 atom stereocenters. The second kappa shape index (κ2) is 7.92. The molecule has 0 radical (unpaired) electrons. The summed E-state index contributed by atoms with van der Waals surface area (Å²) in [6, 6.07) is 8.81. The topological polar surface area (TPSA) is 35.6 Å². The van der Waals surface area contributed by atoms with Crippen molar-refractivity contribution in [3.05, 3.63) is 35.4 Å². The van der Waals surface area contributed by atoms with Gasteiger partial charge >= 0.3 is 0 Å². The average molecular weight is 370 g/mol. The van der Waals surface area contributed by atoms with Gasteiger partial charge in [-0.3, -0.25) is 9.69 Å². The molecule has 0 bridgehead atoms. The number of likely N-dealkylation sites (tertiary alicyclic amines) is 1. The van der Waals surface area contributed by atoms with E-state index in [9.17, 15) is 4.79 Å². The lowest BCUT2D eigenvalue weighted by Gasteiger charge is -2.49. The molecule has 0 saturated carbocycles. The molecule has 4 heteroatoms. The normalized spacial score (nSPS) is 29.1. The third-order valence-corrected chi connectivity index (χ3v) is 6.92. The van der Waals surface area contributed by atoms with Gasteiger partial charge in [0.15, 0.2) is 0 Å². The molecular formula is C23H35N3O. The van der Waals surface area contributed by atoms with Crippen LogP contribution in [-0.2, 0) is 17.8 Å². The van der Waals surface area contributed by atoms with E-state index < -0.39 is 0 Å². The zero-order valence-corrected chi connectivity index (χ0v) is 17.0. The molecule has 2 unspecified atom stereocenters. The Bertz CT molecular complexity index is 667. The number of rotatable bonds is 3. The van der Waals surface area contributed by atoms with Gasteiger partial charge in [0.1, 0.15) is 0 Å². The molecule has 1 aromatic rings. The summed E-state index contributed by atoms with van der Waals surface area (Å²) in [5, 5.41) is 3.53. The standard InChI is InChI=1S/C23H35N3O/c1-18(2)22(27)25-16-21-8-4-3-7-20(21)13-23(17-25)10-5-6-12-26(23)15-19-9-11-24-14-19/h3-4,7-8,18-19,24H,5-6,9-17H2,1-2H3. The number of benzene rings is 1. The minimum atomic E-state index is 0.0587. The van der Waals surface area contributed by atoms with Gasteiger partial charge in [0, 0.05) is 31.1 Å². The van der Waals surface area contributed by atoms with Crippen molar-refractivity contribution >= 4 is 5.91 Å². The number of hydrogen-bond acceptors (Lipinski definition) is 3. The molecule has 1 aromatic carbocycles. The third kappa shape index (κ3) is 3.93. The monoisotopic (exact) mass is 369 g/mol. The first-order chi connectivity index (χ1) is 13.1. The Hall–Kier alpha value is -1.39. The lowest BCUT2D eigenvalue weighted by atomic mass is 9.80. The van der Waals surface area contributed by atoms with E-state index in [1.54, 1.807) is 0 Å². The molecule has 1 N–H and O–H groups in total. The van der Waals surface area contributed by atoms with Crippen LogP contribution in [0.4, 0.5) is 0 Å². The van der Waals surface area contributed by atoms with E-state index in [4.69, 9.17) is 0 Å². The highest BCUT2D eigenvalue weighted by Gasteiger charge is 2.44. The highest BCUT2D eigenvalue weighted by molar-refractivity contribution is 5.78. The molecule has 0 aliphatic carbocycles. The molecule has 3 heterocycles. The van der Waals surface area contributed by atoms with Crippen LogP contribution in [0.1, 0.15) is 50.7 Å². The molecular weight excluding hydrogens is 334 g/mol. The molecule has 148 valence electrons. The van der Waals surface area contributed by atoms with Crippen molar-refractivity contribution in [2.24, 2.45) is 11.8 Å². The summed E-state index contributed by atoms with van der Waals surface area (Å²) in [4.78, 5) is 18.0. The SMILES string of the molecule is CC(C)C(=O)N1Cc2ccccc2CC2(CCCCN2CC2CCNC2)C1. The number of carbonyl (C=O) groups is 1. The quantitative estimate of drug-likeness (QED) is 0.889. The molecule has 4 nitrogen and oxygen atoms in total. The Morgan fingerprint density at radius 3 is 2.81 bits per heavy atom. The summed E-state index contributed by atoms with van der Waals surface area (Å²) in [5.74, 6) is 1.12. The lowest BCUT2D eigenvalue weighted by Crippen LogP contribution is -2.60. The Morgan fingerprint density at radius 2 is 2.07 bits per heavy atom. The number of nitrogens with one attached hydrogen (secondary N) is 1. The summed E-state index contributed by atoms with van der Waals surface area (Å²) in [7, 11) is 0. The van der Waals surface area contributed by atoms with Gasteiger partial charge in [0.25, 0.3) is 0 Å². The van der Waals surface area contributed by atoms with Crippen molar-refractivity contribution in [3.63, 3.8) is 0 Å². The maximum Gasteiger partial charge on any atom is 0.225 e. The molecule has 27 heavy (non-hydrogen) atoms. The maximum absolute atomic E-state index is 13.0. The number of nitrogens with zero attached hydrogens (tertiary/aromatic N) is 2. The number of amides is 1. The molecule has 1 spiro atoms. The summed E-state index contributed by atoms with van der Waals surface area (Å²) in [5.41, 5.74) is 2.90. The summed E-state index contributed by atoms with van der Waals surface area (Å²) in [6.45, 7) is 10.4. The smallest absolute Gasteiger partial charge is 0.225 e. The molecule has 3 aliphatic heterocycles. The van der Waals surface area contributed by atoms with Crippen LogP contribution in [0.3, 0.4) is 0 Å². The first-order valence-corrected chi connectivity index (χ1v) is 10.9. The van der Waals surface area contributed by atoms with Crippen LogP contribution in [0.25, 0.3) is 0 Å². The zero-order chi connectivity index (χ0) is 18.9. The molecule has 2 fully saturated rings. The van der Waals surface area contributed by atoms with Crippen LogP contribution in [0.15, 0.2) is 24.3 Å². The van der Waals surface area contributed by atoms with E-state index in [0.29, 0.717) is 5.91 Å². The first kappa shape index (κ1) is 18.9. The van der Waals surface area contributed by atoms with Crippen molar-refractivity contribution in [2.75, 3.05) is 32.7 Å². The van der Waals surface area contributed by atoms with Crippen LogP contribution >= 0.6 is 0 Å². The van der Waals surface area contributed by atoms with Gasteiger partial charge in [-0.15, -0.1) is 0 Å². The number of hydrogen-bond donors (Lipinski definition) is 1. The van der Waals surface area contributed by atoms with Gasteiger partial charge < -0.3 is 10.2 Å². The van der Waals surface area contributed by atoms with Crippen LogP contribution in [0.5, 0.6) is 0 Å². The second-order valence-electron chi connectivity index (χ2n) is 9.28. The Kier molecular flexibility index (Phi) is 5.56. The van der Waals surface area contributed by atoms with Crippen LogP contribution < -0.4 is 5.32 Å². The number of piperidine rings is 1. The van der Waals surface area contributed by atoms with Crippen LogP contribution in [-0.4, -0.2) is 54.0 Å². The van der Waals surface area contributed by atoms with Gasteiger partial charge in [-0.2, -0.15) is 0 Å². The molecule has 4 rings (SSSR count). The Labute approximate surface area is 164 Å². The maximum atomic E-state index is 13.0. The van der Waals surface area contributed by atoms with Crippen molar-refractivity contribution < 1.29 is 4.79 Å². The fourth-order valence-electron chi connectivity index (χ4n) is 5.43. The van der Waals surface area contributed by atoms with Gasteiger partial charge in [-0.05, 0) is 62.4 Å². The molecule has 3 aliphatic rings. The fraction of sp³-hybridized carbons (Fsp3) is 0.696. The first-order valence-electron chi connectivity index (χ1n) is 10.9. The van der Waals surface area contributed by atoms with Gasteiger partial charge in [0.2, 0.25) is 5.91 Å². The summed E-state index contributed by atoms with van der Waals surface area (Å²) < 4.78 is 0. The fourth-order valence-corrected chi connectivity index (χ4v) is 5.43. The number of fused-ring (bicyclic) bond motifs is 1. The number of carbonyl (C=O) groups excluding carboxylic acids is 1. The highest BCUT2D eigenvalue weighted by Crippen LogP contribution is 2.37. The average Bonchev–Trinajstić information content (AvgIpc) is 3.11. The largest absolute Gasteiger partial charge is 0.336 e. The van der Waals surface area contributed by atoms with Crippen molar-refractivity contribution in [2.45, 2.75) is 58.0 Å². The van der Waals surface area contributed by atoms with E-state index in [1.165, 1.54) is 49.9 Å². The Balaban J connectivity index is 1.67. The van der Waals surface area contributed by atoms with E-state index in [1.807, 2.05) is 13.8 Å². The van der Waals surface area contributed by atoms with Gasteiger partial charge in [-0.25, -0.2) is 0 Å². The minimum absolute atomic E-state index is 0.0587. The summed E-state index contributed by atoms with van der Waals surface area (Å²) >= 11 is 0. The van der Waals surface area contributed by atoms with E-state index in [2.05, 4.69) is 39.4 Å². The second-order valence-corrected chi connectivity index (χ2v) is 9.28. The van der Waals surface area contributed by atoms with Gasteiger partial charge in [-0.1, -0.05) is 44.5 Å². The highest BCUT2D eigenvalue weighted by atomic mass is 16.2. The van der Waals surface area contributed by atoms with Crippen LogP contribution in [0.2, 0.25) is 0 Å². The van der Waals surface area contributed by atoms with Crippen molar-refractivity contribution in [1.82, 2.24) is 15.1 Å². The van der Waals surface area contributed by atoms with Gasteiger partial charge in [0.05, 0.1) is 0 Å². The third-order valence-electron chi connectivity index (χ3n) is 6.92. The van der Waals surface area contributed by atoms with Crippen LogP contribution in [0, 0.1) is 11.8 Å². The molecule has 2 saturated heterocycles. The minimum Gasteiger partial charge on any atom is -0.336 e.